The quantitative estimate of drug-likeness (QED) is 0.573. The van der Waals surface area contributed by atoms with E-state index in [1.54, 1.807) is 12.2 Å². The number of rotatable bonds is 4. The van der Waals surface area contributed by atoms with Gasteiger partial charge in [-0.2, -0.15) is 0 Å². The summed E-state index contributed by atoms with van der Waals surface area (Å²) >= 11 is 0. The largest absolute Gasteiger partial charge is 0.512 e. The van der Waals surface area contributed by atoms with Gasteiger partial charge in [0.1, 0.15) is 0 Å². The van der Waals surface area contributed by atoms with E-state index in [1.165, 1.54) is 0 Å². The molecule has 0 heterocycles. The summed E-state index contributed by atoms with van der Waals surface area (Å²) in [4.78, 5) is 0. The predicted molar refractivity (Wildman–Crippen MR) is 65.6 cm³/mol. The summed E-state index contributed by atoms with van der Waals surface area (Å²) in [6.45, 7) is 5.59. The van der Waals surface area contributed by atoms with Gasteiger partial charge in [-0.25, -0.2) is 0 Å². The highest BCUT2D eigenvalue weighted by Crippen LogP contribution is 2.17. The zero-order valence-corrected chi connectivity index (χ0v) is 8.98. The summed E-state index contributed by atoms with van der Waals surface area (Å²) in [6, 6.07) is 9.94. The van der Waals surface area contributed by atoms with E-state index >= 15 is 0 Å². The minimum absolute atomic E-state index is 0.381. The lowest BCUT2D eigenvalue weighted by molar-refractivity contribution is 0.395. The van der Waals surface area contributed by atoms with E-state index in [9.17, 15) is 5.11 Å². The van der Waals surface area contributed by atoms with E-state index in [0.29, 0.717) is 12.2 Å². The number of hydrogen-bond acceptors (Lipinski definition) is 1. The Kier molecular flexibility index (Phi) is 4.42. The molecule has 0 radical (unpaired) electrons. The Labute approximate surface area is 91.1 Å². The van der Waals surface area contributed by atoms with Crippen molar-refractivity contribution in [3.8, 4) is 0 Å². The summed E-state index contributed by atoms with van der Waals surface area (Å²) in [5, 5.41) is 9.50. The maximum Gasteiger partial charge on any atom is 0.0926 e. The molecular formula is C14H16O. The first-order valence-electron chi connectivity index (χ1n) is 5.05. The second kappa shape index (κ2) is 5.86. The van der Waals surface area contributed by atoms with Crippen LogP contribution in [-0.2, 0) is 0 Å². The molecule has 1 nitrogen and oxygen atoms in total. The third-order valence-corrected chi connectivity index (χ3v) is 2.09. The molecule has 78 valence electrons. The van der Waals surface area contributed by atoms with Gasteiger partial charge in [0.05, 0.1) is 5.76 Å². The fourth-order valence-electron chi connectivity index (χ4n) is 1.27. The maximum atomic E-state index is 9.50. The van der Waals surface area contributed by atoms with Gasteiger partial charge in [-0.3, -0.25) is 0 Å². The van der Waals surface area contributed by atoms with Crippen LogP contribution in [0.5, 0.6) is 0 Å². The molecule has 0 saturated carbocycles. The molecule has 0 aliphatic heterocycles. The summed E-state index contributed by atoms with van der Waals surface area (Å²) < 4.78 is 0. The minimum Gasteiger partial charge on any atom is -0.512 e. The van der Waals surface area contributed by atoms with Gasteiger partial charge in [-0.1, -0.05) is 56.0 Å². The second-order valence-electron chi connectivity index (χ2n) is 3.21. The fourth-order valence-corrected chi connectivity index (χ4v) is 1.27. The standard InChI is InChI=1S/C14H16O/c1-3-8-13(11-14(15)4-2)12-9-6-5-7-10-12/h3,5-11,15H,1,4H2,2H3/b13-8-,14-11-. The highest BCUT2D eigenvalue weighted by molar-refractivity contribution is 5.75. The summed E-state index contributed by atoms with van der Waals surface area (Å²) in [5.41, 5.74) is 2.06. The average Bonchev–Trinajstić information content (AvgIpc) is 2.29. The van der Waals surface area contributed by atoms with Gasteiger partial charge in [0.15, 0.2) is 0 Å². The molecule has 0 atom stereocenters. The van der Waals surface area contributed by atoms with E-state index in [0.717, 1.165) is 11.1 Å². The van der Waals surface area contributed by atoms with Crippen molar-refractivity contribution >= 4 is 5.57 Å². The molecule has 0 aliphatic carbocycles. The summed E-state index contributed by atoms with van der Waals surface area (Å²) in [5.74, 6) is 0.381. The van der Waals surface area contributed by atoms with Crippen LogP contribution in [0.4, 0.5) is 0 Å². The Hall–Kier alpha value is -1.76. The monoisotopic (exact) mass is 200 g/mol. The third-order valence-electron chi connectivity index (χ3n) is 2.09. The van der Waals surface area contributed by atoms with E-state index in [1.807, 2.05) is 43.3 Å². The van der Waals surface area contributed by atoms with Crippen LogP contribution < -0.4 is 0 Å². The normalized spacial score (nSPS) is 12.6. The van der Waals surface area contributed by atoms with E-state index < -0.39 is 0 Å². The van der Waals surface area contributed by atoms with Crippen molar-refractivity contribution in [2.24, 2.45) is 0 Å². The first kappa shape index (κ1) is 11.3. The average molecular weight is 200 g/mol. The number of benzene rings is 1. The highest BCUT2D eigenvalue weighted by Gasteiger charge is 1.97. The Balaban J connectivity index is 3.05. The molecule has 0 aromatic heterocycles. The molecule has 15 heavy (non-hydrogen) atoms. The maximum absolute atomic E-state index is 9.50. The van der Waals surface area contributed by atoms with Gasteiger partial charge in [0, 0.05) is 6.42 Å². The molecule has 0 aliphatic rings. The molecule has 1 heteroatoms. The van der Waals surface area contributed by atoms with Crippen LogP contribution in [-0.4, -0.2) is 5.11 Å². The number of allylic oxidation sites excluding steroid dienone is 5. The van der Waals surface area contributed by atoms with Gasteiger partial charge < -0.3 is 5.11 Å². The molecule has 0 fully saturated rings. The third kappa shape index (κ3) is 3.47. The SMILES string of the molecule is C=C/C=C(/C=C(\O)CC)c1ccccc1. The smallest absolute Gasteiger partial charge is 0.0926 e. The zero-order valence-electron chi connectivity index (χ0n) is 8.98. The second-order valence-corrected chi connectivity index (χ2v) is 3.21. The van der Waals surface area contributed by atoms with Crippen LogP contribution in [0.3, 0.4) is 0 Å². The first-order chi connectivity index (χ1) is 7.27. The zero-order chi connectivity index (χ0) is 11.1. The van der Waals surface area contributed by atoms with Crippen LogP contribution in [0.15, 0.2) is 60.9 Å². The fraction of sp³-hybridized carbons (Fsp3) is 0.143. The van der Waals surface area contributed by atoms with Crippen LogP contribution in [0.1, 0.15) is 18.9 Å². The predicted octanol–water partition coefficient (Wildman–Crippen LogP) is 4.11. The Bertz CT molecular complexity index is 372. The Morgan fingerprint density at radius 1 is 1.33 bits per heavy atom. The lowest BCUT2D eigenvalue weighted by Gasteiger charge is -2.02. The molecule has 0 bridgehead atoms. The van der Waals surface area contributed by atoms with Gasteiger partial charge in [-0.15, -0.1) is 0 Å². The van der Waals surface area contributed by atoms with E-state index in [2.05, 4.69) is 6.58 Å². The number of aliphatic hydroxyl groups excluding tert-OH is 1. The van der Waals surface area contributed by atoms with Gasteiger partial charge in [-0.05, 0) is 17.2 Å². The molecular weight excluding hydrogens is 184 g/mol. The van der Waals surface area contributed by atoms with Crippen LogP contribution >= 0.6 is 0 Å². The van der Waals surface area contributed by atoms with Crippen molar-refractivity contribution in [3.63, 3.8) is 0 Å². The topological polar surface area (TPSA) is 20.2 Å². The van der Waals surface area contributed by atoms with Crippen molar-refractivity contribution in [3.05, 3.63) is 66.5 Å². The molecule has 1 aromatic carbocycles. The molecule has 0 unspecified atom stereocenters. The van der Waals surface area contributed by atoms with Crippen molar-refractivity contribution < 1.29 is 5.11 Å². The molecule has 0 spiro atoms. The van der Waals surface area contributed by atoms with Gasteiger partial charge >= 0.3 is 0 Å². The van der Waals surface area contributed by atoms with Crippen molar-refractivity contribution in [2.75, 3.05) is 0 Å². The van der Waals surface area contributed by atoms with Crippen molar-refractivity contribution in [1.82, 2.24) is 0 Å². The number of aliphatic hydroxyl groups is 1. The molecule has 0 saturated heterocycles. The Morgan fingerprint density at radius 2 is 2.00 bits per heavy atom. The van der Waals surface area contributed by atoms with Crippen LogP contribution in [0.25, 0.3) is 5.57 Å². The first-order valence-corrected chi connectivity index (χ1v) is 5.05. The molecule has 1 aromatic rings. The molecule has 1 N–H and O–H groups in total. The lowest BCUT2D eigenvalue weighted by Crippen LogP contribution is -1.83. The van der Waals surface area contributed by atoms with Crippen LogP contribution in [0, 0.1) is 0 Å². The molecule has 1 rings (SSSR count). The summed E-state index contributed by atoms with van der Waals surface area (Å²) in [7, 11) is 0. The van der Waals surface area contributed by atoms with Gasteiger partial charge in [0.25, 0.3) is 0 Å². The summed E-state index contributed by atoms with van der Waals surface area (Å²) in [6.07, 6.45) is 6.03. The van der Waals surface area contributed by atoms with E-state index in [-0.39, 0.29) is 0 Å². The van der Waals surface area contributed by atoms with Crippen LogP contribution in [0.2, 0.25) is 0 Å². The highest BCUT2D eigenvalue weighted by atomic mass is 16.3. The van der Waals surface area contributed by atoms with Crippen molar-refractivity contribution in [2.45, 2.75) is 13.3 Å². The molecule has 0 amide bonds. The number of hydrogen-bond donors (Lipinski definition) is 1. The van der Waals surface area contributed by atoms with Crippen molar-refractivity contribution in [1.29, 1.82) is 0 Å². The van der Waals surface area contributed by atoms with E-state index in [4.69, 9.17) is 0 Å². The van der Waals surface area contributed by atoms with Gasteiger partial charge in [0.2, 0.25) is 0 Å². The Morgan fingerprint density at radius 3 is 2.53 bits per heavy atom. The minimum atomic E-state index is 0.381. The lowest BCUT2D eigenvalue weighted by atomic mass is 10.0.